The molecule has 2 fully saturated rings. The van der Waals surface area contributed by atoms with Crippen molar-refractivity contribution in [1.82, 2.24) is 20.4 Å². The summed E-state index contributed by atoms with van der Waals surface area (Å²) >= 11 is 0. The molecule has 0 bridgehead atoms. The lowest BCUT2D eigenvalue weighted by atomic mass is 10.1. The molecule has 1 saturated heterocycles. The van der Waals surface area contributed by atoms with Gasteiger partial charge in [-0.15, -0.1) is 12.4 Å². The van der Waals surface area contributed by atoms with Crippen LogP contribution in [0.1, 0.15) is 43.3 Å². The van der Waals surface area contributed by atoms with Crippen molar-refractivity contribution < 1.29 is 4.52 Å². The first kappa shape index (κ1) is 13.8. The van der Waals surface area contributed by atoms with Crippen LogP contribution in [-0.4, -0.2) is 41.2 Å². The molecule has 6 heteroatoms. The fourth-order valence-corrected chi connectivity index (χ4v) is 2.41. The highest BCUT2D eigenvalue weighted by molar-refractivity contribution is 5.85. The Balaban J connectivity index is 0.00000120. The van der Waals surface area contributed by atoms with Gasteiger partial charge in [-0.2, -0.15) is 4.98 Å². The van der Waals surface area contributed by atoms with Crippen molar-refractivity contribution in [1.29, 1.82) is 0 Å². The van der Waals surface area contributed by atoms with Gasteiger partial charge in [-0.1, -0.05) is 5.16 Å². The van der Waals surface area contributed by atoms with Crippen molar-refractivity contribution in [2.45, 2.75) is 44.2 Å². The molecule has 18 heavy (non-hydrogen) atoms. The van der Waals surface area contributed by atoms with Crippen LogP contribution in [0.15, 0.2) is 4.52 Å². The summed E-state index contributed by atoms with van der Waals surface area (Å²) in [5.41, 5.74) is 0. The fraction of sp³-hybridized carbons (Fsp3) is 0.833. The molecule has 0 unspecified atom stereocenters. The van der Waals surface area contributed by atoms with Crippen LogP contribution in [-0.2, 0) is 6.54 Å². The normalized spacial score (nSPS) is 21.8. The Morgan fingerprint density at radius 2 is 2.00 bits per heavy atom. The molecular weight excluding hydrogens is 252 g/mol. The second-order valence-electron chi connectivity index (χ2n) is 5.16. The minimum atomic E-state index is 0. The zero-order valence-corrected chi connectivity index (χ0v) is 11.6. The summed E-state index contributed by atoms with van der Waals surface area (Å²) < 4.78 is 5.27. The first-order valence-electron chi connectivity index (χ1n) is 6.57. The van der Waals surface area contributed by atoms with Gasteiger partial charge in [0.25, 0.3) is 0 Å². The molecule has 2 aliphatic rings. The Labute approximate surface area is 114 Å². The van der Waals surface area contributed by atoms with Crippen LogP contribution in [0.25, 0.3) is 0 Å². The summed E-state index contributed by atoms with van der Waals surface area (Å²) in [4.78, 5) is 6.88. The molecule has 3 rings (SSSR count). The molecule has 0 spiro atoms. The third kappa shape index (κ3) is 3.22. The zero-order valence-electron chi connectivity index (χ0n) is 10.8. The standard InChI is InChI=1S/C12H20N4O.ClH/c1-13-10-4-6-16(7-5-10)8-11-14-12(17-15-11)9-2-3-9;/h9-10,13H,2-8H2,1H3;1H. The van der Waals surface area contributed by atoms with Crippen molar-refractivity contribution in [2.24, 2.45) is 0 Å². The minimum absolute atomic E-state index is 0. The van der Waals surface area contributed by atoms with E-state index in [1.807, 2.05) is 7.05 Å². The van der Waals surface area contributed by atoms with E-state index >= 15 is 0 Å². The van der Waals surface area contributed by atoms with E-state index in [2.05, 4.69) is 20.4 Å². The molecule has 2 heterocycles. The van der Waals surface area contributed by atoms with Gasteiger partial charge in [0.2, 0.25) is 5.89 Å². The Bertz CT molecular complexity index is 372. The average molecular weight is 273 g/mol. The Morgan fingerprint density at radius 1 is 1.28 bits per heavy atom. The monoisotopic (exact) mass is 272 g/mol. The van der Waals surface area contributed by atoms with E-state index in [9.17, 15) is 0 Å². The minimum Gasteiger partial charge on any atom is -0.339 e. The molecular formula is C12H21ClN4O. The number of hydrogen-bond donors (Lipinski definition) is 1. The van der Waals surface area contributed by atoms with Crippen molar-refractivity contribution in [2.75, 3.05) is 20.1 Å². The summed E-state index contributed by atoms with van der Waals surface area (Å²) in [6.07, 6.45) is 4.86. The molecule has 1 N–H and O–H groups in total. The van der Waals surface area contributed by atoms with E-state index < -0.39 is 0 Å². The summed E-state index contributed by atoms with van der Waals surface area (Å²) in [5, 5.41) is 7.41. The number of halogens is 1. The first-order valence-corrected chi connectivity index (χ1v) is 6.57. The van der Waals surface area contributed by atoms with E-state index in [0.717, 1.165) is 31.3 Å². The van der Waals surface area contributed by atoms with Gasteiger partial charge in [0.05, 0.1) is 6.54 Å². The summed E-state index contributed by atoms with van der Waals surface area (Å²) in [6.45, 7) is 3.09. The predicted octanol–water partition coefficient (Wildman–Crippen LogP) is 1.55. The number of piperidine rings is 1. The topological polar surface area (TPSA) is 54.2 Å². The van der Waals surface area contributed by atoms with Crippen LogP contribution >= 0.6 is 12.4 Å². The fourth-order valence-electron chi connectivity index (χ4n) is 2.41. The number of aromatic nitrogens is 2. The van der Waals surface area contributed by atoms with Crippen LogP contribution in [0.2, 0.25) is 0 Å². The summed E-state index contributed by atoms with van der Waals surface area (Å²) in [7, 11) is 2.04. The molecule has 5 nitrogen and oxygen atoms in total. The number of hydrogen-bond acceptors (Lipinski definition) is 5. The van der Waals surface area contributed by atoms with Gasteiger partial charge in [-0.25, -0.2) is 0 Å². The van der Waals surface area contributed by atoms with Gasteiger partial charge in [0.1, 0.15) is 0 Å². The average Bonchev–Trinajstić information content (AvgIpc) is 3.12. The largest absolute Gasteiger partial charge is 0.339 e. The third-order valence-corrected chi connectivity index (χ3v) is 3.77. The SMILES string of the molecule is CNC1CCN(Cc2noc(C3CC3)n2)CC1.Cl. The molecule has 0 amide bonds. The molecule has 102 valence electrons. The molecule has 1 aromatic rings. The van der Waals surface area contributed by atoms with Crippen LogP contribution in [0, 0.1) is 0 Å². The highest BCUT2D eigenvalue weighted by Crippen LogP contribution is 2.38. The maximum Gasteiger partial charge on any atom is 0.229 e. The Morgan fingerprint density at radius 3 is 2.61 bits per heavy atom. The summed E-state index contributed by atoms with van der Waals surface area (Å²) in [5.74, 6) is 2.27. The zero-order chi connectivity index (χ0) is 11.7. The molecule has 0 atom stereocenters. The molecule has 1 aliphatic carbocycles. The predicted molar refractivity (Wildman–Crippen MR) is 70.9 cm³/mol. The maximum atomic E-state index is 5.27. The van der Waals surface area contributed by atoms with Gasteiger partial charge in [0.15, 0.2) is 5.82 Å². The lowest BCUT2D eigenvalue weighted by molar-refractivity contribution is 0.188. The maximum absolute atomic E-state index is 5.27. The van der Waals surface area contributed by atoms with E-state index in [4.69, 9.17) is 4.52 Å². The molecule has 0 aromatic carbocycles. The van der Waals surface area contributed by atoms with Gasteiger partial charge in [-0.05, 0) is 32.7 Å². The molecule has 0 radical (unpaired) electrons. The Hall–Kier alpha value is -0.650. The lowest BCUT2D eigenvalue weighted by Crippen LogP contribution is -2.40. The quantitative estimate of drug-likeness (QED) is 0.901. The van der Waals surface area contributed by atoms with Gasteiger partial charge < -0.3 is 9.84 Å². The van der Waals surface area contributed by atoms with E-state index in [1.54, 1.807) is 0 Å². The number of rotatable bonds is 4. The number of nitrogens with one attached hydrogen (secondary N) is 1. The van der Waals surface area contributed by atoms with Crippen LogP contribution in [0.3, 0.4) is 0 Å². The number of nitrogens with zero attached hydrogens (tertiary/aromatic N) is 3. The lowest BCUT2D eigenvalue weighted by Gasteiger charge is -2.30. The van der Waals surface area contributed by atoms with Crippen LogP contribution < -0.4 is 5.32 Å². The van der Waals surface area contributed by atoms with E-state index in [1.165, 1.54) is 25.7 Å². The van der Waals surface area contributed by atoms with E-state index in [0.29, 0.717) is 12.0 Å². The summed E-state index contributed by atoms with van der Waals surface area (Å²) in [6, 6.07) is 0.679. The second-order valence-corrected chi connectivity index (χ2v) is 5.16. The number of likely N-dealkylation sites (tertiary alicyclic amines) is 1. The van der Waals surface area contributed by atoms with Crippen molar-refractivity contribution in [3.8, 4) is 0 Å². The van der Waals surface area contributed by atoms with E-state index in [-0.39, 0.29) is 12.4 Å². The van der Waals surface area contributed by atoms with Crippen molar-refractivity contribution in [3.63, 3.8) is 0 Å². The van der Waals surface area contributed by atoms with Gasteiger partial charge in [0, 0.05) is 25.0 Å². The van der Waals surface area contributed by atoms with Gasteiger partial charge >= 0.3 is 0 Å². The van der Waals surface area contributed by atoms with Crippen molar-refractivity contribution in [3.05, 3.63) is 11.7 Å². The molecule has 1 saturated carbocycles. The highest BCUT2D eigenvalue weighted by atomic mass is 35.5. The van der Waals surface area contributed by atoms with Crippen LogP contribution in [0.4, 0.5) is 0 Å². The molecule has 1 aliphatic heterocycles. The third-order valence-electron chi connectivity index (χ3n) is 3.77. The molecule has 1 aromatic heterocycles. The highest BCUT2D eigenvalue weighted by Gasteiger charge is 2.30. The first-order chi connectivity index (χ1) is 8.35. The van der Waals surface area contributed by atoms with Crippen molar-refractivity contribution >= 4 is 12.4 Å². The Kier molecular flexibility index (Phi) is 4.59. The smallest absolute Gasteiger partial charge is 0.229 e. The second kappa shape index (κ2) is 5.99. The van der Waals surface area contributed by atoms with Crippen LogP contribution in [0.5, 0.6) is 0 Å². The van der Waals surface area contributed by atoms with Gasteiger partial charge in [-0.3, -0.25) is 4.90 Å².